The summed E-state index contributed by atoms with van der Waals surface area (Å²) in [5, 5.41) is 0. The van der Waals surface area contributed by atoms with Gasteiger partial charge in [0.15, 0.2) is 12.4 Å². The Morgan fingerprint density at radius 1 is 0.880 bits per heavy atom. The van der Waals surface area contributed by atoms with Crippen LogP contribution in [0.5, 0.6) is 5.75 Å². The van der Waals surface area contributed by atoms with Crippen LogP contribution in [0.25, 0.3) is 0 Å². The highest BCUT2D eigenvalue weighted by Crippen LogP contribution is 2.11. The number of carbonyl (C=O) groups excluding carboxylic acids is 3. The number of rotatable bonds is 7. The number of ether oxygens (including phenoxy) is 1. The van der Waals surface area contributed by atoms with Crippen molar-refractivity contribution in [2.24, 2.45) is 0 Å². The van der Waals surface area contributed by atoms with Gasteiger partial charge in [0.05, 0.1) is 0 Å². The van der Waals surface area contributed by atoms with Crippen LogP contribution >= 0.6 is 0 Å². The molecule has 0 radical (unpaired) electrons. The molecule has 0 bridgehead atoms. The molecule has 0 aliphatic carbocycles. The van der Waals surface area contributed by atoms with Crippen molar-refractivity contribution in [1.29, 1.82) is 0 Å². The number of hydrogen-bond donors (Lipinski definition) is 2. The van der Waals surface area contributed by atoms with Crippen molar-refractivity contribution in [3.8, 4) is 5.75 Å². The zero-order valence-corrected chi connectivity index (χ0v) is 14.0. The molecule has 0 aromatic heterocycles. The maximum absolute atomic E-state index is 11.9. The molecule has 0 aliphatic heterocycles. The molecule has 25 heavy (non-hydrogen) atoms. The predicted octanol–water partition coefficient (Wildman–Crippen LogP) is 2.18. The molecule has 2 amide bonds. The second kappa shape index (κ2) is 9.22. The molecule has 0 atom stereocenters. The monoisotopic (exact) mass is 340 g/mol. The second-order valence-corrected chi connectivity index (χ2v) is 5.49. The van der Waals surface area contributed by atoms with Gasteiger partial charge >= 0.3 is 0 Å². The summed E-state index contributed by atoms with van der Waals surface area (Å²) in [6.45, 7) is 1.70. The molecule has 130 valence electrons. The number of nitrogens with one attached hydrogen (secondary N) is 2. The quantitative estimate of drug-likeness (QED) is 0.598. The molecule has 0 aliphatic rings. The first-order chi connectivity index (χ1) is 12.0. The van der Waals surface area contributed by atoms with Crippen LogP contribution in [0, 0.1) is 6.92 Å². The number of Topliss-reactive ketones (excluding diaryl/α,β-unsaturated/α-hetero) is 1. The van der Waals surface area contributed by atoms with Gasteiger partial charge in [0.2, 0.25) is 5.91 Å². The Morgan fingerprint density at radius 2 is 1.60 bits per heavy atom. The van der Waals surface area contributed by atoms with E-state index < -0.39 is 11.8 Å². The van der Waals surface area contributed by atoms with Gasteiger partial charge in [0.25, 0.3) is 5.91 Å². The molecule has 0 saturated carbocycles. The molecule has 2 aromatic rings. The lowest BCUT2D eigenvalue weighted by Crippen LogP contribution is -2.43. The summed E-state index contributed by atoms with van der Waals surface area (Å²) < 4.78 is 5.32. The normalized spacial score (nSPS) is 9.96. The Hall–Kier alpha value is -3.15. The van der Waals surface area contributed by atoms with Crippen molar-refractivity contribution in [3.63, 3.8) is 0 Å². The largest absolute Gasteiger partial charge is 0.484 e. The fourth-order valence-corrected chi connectivity index (χ4v) is 2.09. The highest BCUT2D eigenvalue weighted by atomic mass is 16.5. The lowest BCUT2D eigenvalue weighted by atomic mass is 10.1. The molecular formula is C19H20N2O4. The minimum atomic E-state index is -0.482. The smallest absolute Gasteiger partial charge is 0.276 e. The van der Waals surface area contributed by atoms with E-state index in [0.29, 0.717) is 11.3 Å². The van der Waals surface area contributed by atoms with Gasteiger partial charge in [-0.2, -0.15) is 0 Å². The highest BCUT2D eigenvalue weighted by molar-refractivity contribution is 5.98. The van der Waals surface area contributed by atoms with Gasteiger partial charge in [-0.25, -0.2) is 0 Å². The van der Waals surface area contributed by atoms with Crippen LogP contribution in [-0.2, 0) is 9.59 Å². The molecule has 0 saturated heterocycles. The summed E-state index contributed by atoms with van der Waals surface area (Å²) >= 11 is 0. The van der Waals surface area contributed by atoms with Gasteiger partial charge in [0, 0.05) is 18.4 Å². The third-order valence-electron chi connectivity index (χ3n) is 3.38. The molecule has 0 fully saturated rings. The SMILES string of the molecule is Cc1cccc(OCC(=O)NNC(=O)CCC(=O)c2ccccc2)c1. The van der Waals surface area contributed by atoms with Crippen molar-refractivity contribution in [1.82, 2.24) is 10.9 Å². The molecule has 2 rings (SSSR count). The van der Waals surface area contributed by atoms with Crippen LogP contribution in [-0.4, -0.2) is 24.2 Å². The molecule has 0 spiro atoms. The van der Waals surface area contributed by atoms with Crippen LogP contribution in [0.3, 0.4) is 0 Å². The minimum absolute atomic E-state index is 0.00720. The van der Waals surface area contributed by atoms with Crippen molar-refractivity contribution < 1.29 is 19.1 Å². The van der Waals surface area contributed by atoms with Crippen LogP contribution in [0.2, 0.25) is 0 Å². The third-order valence-corrected chi connectivity index (χ3v) is 3.38. The number of aryl methyl sites for hydroxylation is 1. The average molecular weight is 340 g/mol. The molecule has 0 heterocycles. The van der Waals surface area contributed by atoms with E-state index in [9.17, 15) is 14.4 Å². The Morgan fingerprint density at radius 3 is 2.32 bits per heavy atom. The van der Waals surface area contributed by atoms with Gasteiger partial charge < -0.3 is 4.74 Å². The lowest BCUT2D eigenvalue weighted by Gasteiger charge is -2.09. The van der Waals surface area contributed by atoms with Crippen LogP contribution in [0.15, 0.2) is 54.6 Å². The fraction of sp³-hybridized carbons (Fsp3) is 0.211. The summed E-state index contributed by atoms with van der Waals surface area (Å²) in [6.07, 6.45) is 0.0677. The number of benzene rings is 2. The topological polar surface area (TPSA) is 84.5 Å². The van der Waals surface area contributed by atoms with Crippen molar-refractivity contribution in [3.05, 3.63) is 65.7 Å². The van der Waals surface area contributed by atoms with E-state index in [1.54, 1.807) is 36.4 Å². The summed E-state index contributed by atoms with van der Waals surface area (Å²) in [7, 11) is 0. The number of hydrazine groups is 1. The van der Waals surface area contributed by atoms with Crippen LogP contribution in [0.1, 0.15) is 28.8 Å². The Bertz CT molecular complexity index is 744. The van der Waals surface area contributed by atoms with E-state index in [4.69, 9.17) is 4.74 Å². The molecular weight excluding hydrogens is 320 g/mol. The van der Waals surface area contributed by atoms with E-state index in [-0.39, 0.29) is 25.2 Å². The Kier molecular flexibility index (Phi) is 6.71. The second-order valence-electron chi connectivity index (χ2n) is 5.49. The maximum atomic E-state index is 11.9. The molecule has 2 aromatic carbocycles. The van der Waals surface area contributed by atoms with Gasteiger partial charge in [0.1, 0.15) is 5.75 Å². The number of ketones is 1. The van der Waals surface area contributed by atoms with Crippen molar-refractivity contribution in [2.45, 2.75) is 19.8 Å². The predicted molar refractivity (Wildman–Crippen MR) is 93.0 cm³/mol. The zero-order chi connectivity index (χ0) is 18.1. The molecule has 6 nitrogen and oxygen atoms in total. The van der Waals surface area contributed by atoms with E-state index in [0.717, 1.165) is 5.56 Å². The third kappa shape index (κ3) is 6.47. The van der Waals surface area contributed by atoms with Crippen LogP contribution in [0.4, 0.5) is 0 Å². The van der Waals surface area contributed by atoms with Crippen molar-refractivity contribution >= 4 is 17.6 Å². The van der Waals surface area contributed by atoms with E-state index in [1.165, 1.54) is 0 Å². The van der Waals surface area contributed by atoms with E-state index >= 15 is 0 Å². The Balaban J connectivity index is 1.65. The van der Waals surface area contributed by atoms with Gasteiger partial charge in [-0.3, -0.25) is 25.2 Å². The summed E-state index contributed by atoms with van der Waals surface area (Å²) in [5.41, 5.74) is 6.11. The molecule has 6 heteroatoms. The number of carbonyl (C=O) groups is 3. The van der Waals surface area contributed by atoms with Gasteiger partial charge in [-0.1, -0.05) is 42.5 Å². The van der Waals surface area contributed by atoms with Crippen molar-refractivity contribution in [2.75, 3.05) is 6.61 Å². The standard InChI is InChI=1S/C19H20N2O4/c1-14-6-5-9-16(12-14)25-13-19(24)21-20-18(23)11-10-17(22)15-7-3-2-4-8-15/h2-9,12H,10-11,13H2,1H3,(H,20,23)(H,21,24). The first-order valence-corrected chi connectivity index (χ1v) is 7.90. The van der Waals surface area contributed by atoms with Crippen LogP contribution < -0.4 is 15.6 Å². The first kappa shape index (κ1) is 18.2. The number of hydrogen-bond acceptors (Lipinski definition) is 4. The summed E-state index contributed by atoms with van der Waals surface area (Å²) in [6, 6.07) is 16.0. The average Bonchev–Trinajstić information content (AvgIpc) is 2.63. The fourth-order valence-electron chi connectivity index (χ4n) is 2.09. The van der Waals surface area contributed by atoms with Gasteiger partial charge in [-0.05, 0) is 24.6 Å². The van der Waals surface area contributed by atoms with Gasteiger partial charge in [-0.15, -0.1) is 0 Å². The van der Waals surface area contributed by atoms with E-state index in [1.807, 2.05) is 25.1 Å². The van der Waals surface area contributed by atoms with E-state index in [2.05, 4.69) is 10.9 Å². The highest BCUT2D eigenvalue weighted by Gasteiger charge is 2.10. The first-order valence-electron chi connectivity index (χ1n) is 7.90. The molecule has 0 unspecified atom stereocenters. The minimum Gasteiger partial charge on any atom is -0.484 e. The maximum Gasteiger partial charge on any atom is 0.276 e. The summed E-state index contributed by atoms with van der Waals surface area (Å²) in [4.78, 5) is 35.2. The Labute approximate surface area is 146 Å². The number of amides is 2. The lowest BCUT2D eigenvalue weighted by molar-refractivity contribution is -0.130. The molecule has 2 N–H and O–H groups in total. The zero-order valence-electron chi connectivity index (χ0n) is 14.0. The summed E-state index contributed by atoms with van der Waals surface area (Å²) in [5.74, 6) is -0.461.